The predicted molar refractivity (Wildman–Crippen MR) is 97.9 cm³/mol. The highest BCUT2D eigenvalue weighted by Crippen LogP contribution is 2.18. The molecule has 1 fully saturated rings. The first kappa shape index (κ1) is 16.9. The van der Waals surface area contributed by atoms with Crippen molar-refractivity contribution in [1.82, 2.24) is 14.8 Å². The van der Waals surface area contributed by atoms with Crippen LogP contribution in [-0.2, 0) is 6.67 Å². The summed E-state index contributed by atoms with van der Waals surface area (Å²) in [4.78, 5) is 7.78. The number of hydrogen-bond donors (Lipinski definition) is 1. The van der Waals surface area contributed by atoms with E-state index < -0.39 is 0 Å². The van der Waals surface area contributed by atoms with Crippen molar-refractivity contribution in [2.24, 2.45) is 0 Å². The molecule has 4 rings (SSSR count). The highest BCUT2D eigenvalue weighted by Gasteiger charge is 2.23. The molecule has 0 amide bonds. The quantitative estimate of drug-likeness (QED) is 0.708. The van der Waals surface area contributed by atoms with E-state index in [4.69, 9.17) is 16.6 Å². The molecule has 1 N–H and O–H groups in total. The van der Waals surface area contributed by atoms with Crippen LogP contribution >= 0.6 is 12.2 Å². The van der Waals surface area contributed by atoms with Crippen LogP contribution in [0.4, 0.5) is 10.1 Å². The molecule has 1 aliphatic rings. The van der Waals surface area contributed by atoms with Crippen LogP contribution in [0.25, 0.3) is 11.5 Å². The molecule has 0 atom stereocenters. The number of nitrogens with zero attached hydrogens (tertiary/aromatic N) is 4. The molecule has 0 unspecified atom stereocenters. The zero-order valence-electron chi connectivity index (χ0n) is 14.1. The minimum Gasteiger partial charge on any atom is -0.409 e. The number of nitrogens with one attached hydrogen (secondary N) is 1. The summed E-state index contributed by atoms with van der Waals surface area (Å²) < 4.78 is 21.3. The average molecular weight is 372 g/mol. The molecule has 134 valence electrons. The highest BCUT2D eigenvalue weighted by atomic mass is 32.1. The second-order valence-electron chi connectivity index (χ2n) is 6.26. The molecule has 8 heteroatoms. The van der Waals surface area contributed by atoms with E-state index >= 15 is 0 Å². The Hall–Kier alpha value is -2.58. The van der Waals surface area contributed by atoms with Crippen molar-refractivity contribution in [3.05, 3.63) is 59.4 Å². The normalized spacial score (nSPS) is 15.3. The summed E-state index contributed by atoms with van der Waals surface area (Å²) in [6.45, 7) is 3.98. The second-order valence-corrected chi connectivity index (χ2v) is 6.60. The molecule has 1 saturated heterocycles. The van der Waals surface area contributed by atoms with Gasteiger partial charge in [0.05, 0.1) is 31.9 Å². The standard InChI is InChI=1S/C18H18FN5OS/c19-15-3-1-2-4-16(15)23-11-9-22(10-12-23)13-24-18(26)25-17(21-24)14-5-7-20-8-6-14/h1-8H,9-13H2/p+1. The summed E-state index contributed by atoms with van der Waals surface area (Å²) in [7, 11) is 0. The number of quaternary nitrogens is 1. The van der Waals surface area contributed by atoms with Gasteiger partial charge in [-0.05, 0) is 36.5 Å². The van der Waals surface area contributed by atoms with E-state index in [2.05, 4.69) is 15.0 Å². The number of pyridine rings is 1. The fourth-order valence-electron chi connectivity index (χ4n) is 3.16. The van der Waals surface area contributed by atoms with Gasteiger partial charge in [-0.25, -0.2) is 4.39 Å². The lowest BCUT2D eigenvalue weighted by Gasteiger charge is -2.33. The fourth-order valence-corrected chi connectivity index (χ4v) is 3.34. The van der Waals surface area contributed by atoms with E-state index in [0.29, 0.717) is 23.1 Å². The molecular formula is C18H19FN5OS+. The summed E-state index contributed by atoms with van der Waals surface area (Å²) in [6.07, 6.45) is 3.39. The third kappa shape index (κ3) is 3.51. The van der Waals surface area contributed by atoms with Gasteiger partial charge in [-0.1, -0.05) is 12.1 Å². The highest BCUT2D eigenvalue weighted by molar-refractivity contribution is 7.71. The van der Waals surface area contributed by atoms with Crippen LogP contribution in [0.1, 0.15) is 0 Å². The molecule has 3 heterocycles. The topological polar surface area (TPSA) is 51.5 Å². The summed E-state index contributed by atoms with van der Waals surface area (Å²) in [5.74, 6) is 0.332. The van der Waals surface area contributed by atoms with Gasteiger partial charge in [-0.15, -0.1) is 5.10 Å². The fraction of sp³-hybridized carbons (Fsp3) is 0.278. The van der Waals surface area contributed by atoms with Gasteiger partial charge in [0, 0.05) is 18.0 Å². The summed E-state index contributed by atoms with van der Waals surface area (Å²) in [5.41, 5.74) is 1.52. The lowest BCUT2D eigenvalue weighted by Crippen LogP contribution is -3.14. The Morgan fingerprint density at radius 1 is 1.12 bits per heavy atom. The number of para-hydroxylation sites is 1. The molecule has 0 aliphatic carbocycles. The van der Waals surface area contributed by atoms with E-state index in [-0.39, 0.29) is 5.82 Å². The molecular weight excluding hydrogens is 353 g/mol. The maximum atomic E-state index is 13.9. The van der Waals surface area contributed by atoms with Gasteiger partial charge < -0.3 is 14.2 Å². The Morgan fingerprint density at radius 2 is 1.85 bits per heavy atom. The number of benzene rings is 1. The molecule has 0 radical (unpaired) electrons. The van der Waals surface area contributed by atoms with E-state index in [1.165, 1.54) is 11.0 Å². The first-order chi connectivity index (χ1) is 12.7. The van der Waals surface area contributed by atoms with Gasteiger partial charge in [0.1, 0.15) is 5.82 Å². The number of hydrogen-bond acceptors (Lipinski definition) is 5. The zero-order valence-corrected chi connectivity index (χ0v) is 15.0. The predicted octanol–water partition coefficient (Wildman–Crippen LogP) is 1.77. The number of rotatable bonds is 4. The van der Waals surface area contributed by atoms with Gasteiger partial charge in [0.25, 0.3) is 4.84 Å². The minimum absolute atomic E-state index is 0.170. The second kappa shape index (κ2) is 7.35. The summed E-state index contributed by atoms with van der Waals surface area (Å²) >= 11 is 5.30. The van der Waals surface area contributed by atoms with Crippen molar-refractivity contribution in [2.75, 3.05) is 31.1 Å². The summed E-state index contributed by atoms with van der Waals surface area (Å²) in [6, 6.07) is 10.6. The Morgan fingerprint density at radius 3 is 2.58 bits per heavy atom. The van der Waals surface area contributed by atoms with Crippen molar-refractivity contribution < 1.29 is 13.7 Å². The number of anilines is 1. The molecule has 0 bridgehead atoms. The Kier molecular flexibility index (Phi) is 4.77. The van der Waals surface area contributed by atoms with Gasteiger partial charge in [-0.2, -0.15) is 4.68 Å². The first-order valence-electron chi connectivity index (χ1n) is 8.52. The number of piperazine rings is 1. The van der Waals surface area contributed by atoms with Crippen LogP contribution in [0.2, 0.25) is 0 Å². The molecule has 26 heavy (non-hydrogen) atoms. The zero-order chi connectivity index (χ0) is 17.9. The van der Waals surface area contributed by atoms with Crippen LogP contribution < -0.4 is 9.80 Å². The maximum absolute atomic E-state index is 13.9. The van der Waals surface area contributed by atoms with E-state index in [1.807, 2.05) is 24.3 Å². The molecule has 2 aromatic heterocycles. The number of halogens is 1. The van der Waals surface area contributed by atoms with Crippen LogP contribution in [0, 0.1) is 10.7 Å². The van der Waals surface area contributed by atoms with Crippen molar-refractivity contribution >= 4 is 17.9 Å². The van der Waals surface area contributed by atoms with Gasteiger partial charge in [-0.3, -0.25) is 4.98 Å². The first-order valence-corrected chi connectivity index (χ1v) is 8.93. The van der Waals surface area contributed by atoms with E-state index in [1.54, 1.807) is 23.1 Å². The third-order valence-electron chi connectivity index (χ3n) is 4.57. The Balaban J connectivity index is 1.41. The molecule has 0 saturated carbocycles. The van der Waals surface area contributed by atoms with Gasteiger partial charge >= 0.3 is 0 Å². The van der Waals surface area contributed by atoms with Crippen LogP contribution in [0.3, 0.4) is 0 Å². The molecule has 6 nitrogen and oxygen atoms in total. The minimum atomic E-state index is -0.170. The lowest BCUT2D eigenvalue weighted by atomic mass is 10.2. The van der Waals surface area contributed by atoms with Crippen molar-refractivity contribution in [2.45, 2.75) is 6.67 Å². The number of aromatic nitrogens is 3. The van der Waals surface area contributed by atoms with Crippen LogP contribution in [0.5, 0.6) is 0 Å². The van der Waals surface area contributed by atoms with Crippen molar-refractivity contribution in [3.63, 3.8) is 0 Å². The largest absolute Gasteiger partial charge is 0.409 e. The lowest BCUT2D eigenvalue weighted by molar-refractivity contribution is -0.924. The Bertz CT molecular complexity index is 934. The third-order valence-corrected chi connectivity index (χ3v) is 4.86. The molecule has 1 aliphatic heterocycles. The van der Waals surface area contributed by atoms with Gasteiger partial charge in [0.15, 0.2) is 6.67 Å². The monoisotopic (exact) mass is 372 g/mol. The van der Waals surface area contributed by atoms with Crippen molar-refractivity contribution in [3.8, 4) is 11.5 Å². The van der Waals surface area contributed by atoms with E-state index in [9.17, 15) is 4.39 Å². The Labute approximate surface area is 155 Å². The molecule has 0 spiro atoms. The molecule has 3 aromatic rings. The van der Waals surface area contributed by atoms with Gasteiger partial charge in [0.2, 0.25) is 5.89 Å². The van der Waals surface area contributed by atoms with Crippen LogP contribution in [0.15, 0.2) is 53.2 Å². The smallest absolute Gasteiger partial charge is 0.292 e. The van der Waals surface area contributed by atoms with Crippen LogP contribution in [-0.4, -0.2) is 40.9 Å². The summed E-state index contributed by atoms with van der Waals surface area (Å²) in [5, 5.41) is 4.49. The SMILES string of the molecule is Fc1ccccc1N1CC[NH+](Cn2nc(-c3ccncc3)oc2=S)CC1. The molecule has 1 aromatic carbocycles. The van der Waals surface area contributed by atoms with Crippen molar-refractivity contribution in [1.29, 1.82) is 0 Å². The van der Waals surface area contributed by atoms with E-state index in [0.717, 1.165) is 31.7 Å². The maximum Gasteiger partial charge on any atom is 0.292 e. The average Bonchev–Trinajstić information content (AvgIpc) is 3.04.